The molecule has 448 valence electrons. The molecule has 11 atom stereocenters. The number of benzene rings is 2. The minimum Gasteiger partial charge on any atom is -0.497 e. The molecule has 2 aromatic carbocycles. The van der Waals surface area contributed by atoms with E-state index in [0.29, 0.717) is 25.6 Å². The van der Waals surface area contributed by atoms with E-state index >= 15 is 0 Å². The van der Waals surface area contributed by atoms with Gasteiger partial charge in [-0.15, -0.1) is 0 Å². The number of methoxy groups -OCH3 is 3. The SMILES string of the molecule is C=CC=C[C@H](C)[C@H](OCc1ccc(OC)cc1)[C@@H](C)C(CC[C@H](C)C[C@H](C)[C@@H](OCc1ccc(OC)cc1)[C@@H](C)C=C[C@H](C[C@H](O[Si](C)(C)C(C)(C)C)[C@H](C)C=CC=CC(=O)OC)O[Si](C)(C)C(C)(C)C)O[Si](C)(C)C(C)(C)C. The second-order valence-electron chi connectivity index (χ2n) is 27.3. The van der Waals surface area contributed by atoms with Gasteiger partial charge in [-0.2, -0.15) is 0 Å². The lowest BCUT2D eigenvalue weighted by molar-refractivity contribution is -0.134. The summed E-state index contributed by atoms with van der Waals surface area (Å²) < 4.78 is 52.0. The number of rotatable bonds is 34. The molecule has 0 bridgehead atoms. The molecule has 0 amide bonds. The minimum atomic E-state index is -2.26. The molecule has 2 aromatic rings. The Balaban J connectivity index is 2.64. The largest absolute Gasteiger partial charge is 0.497 e. The van der Waals surface area contributed by atoms with E-state index < -0.39 is 25.0 Å². The fourth-order valence-corrected chi connectivity index (χ4v) is 13.3. The predicted octanol–water partition coefficient (Wildman–Crippen LogP) is 18.3. The van der Waals surface area contributed by atoms with Crippen molar-refractivity contribution in [2.24, 2.45) is 35.5 Å². The van der Waals surface area contributed by atoms with E-state index in [2.05, 4.69) is 198 Å². The number of ether oxygens (including phenoxy) is 5. The van der Waals surface area contributed by atoms with Gasteiger partial charge in [-0.1, -0.05) is 183 Å². The highest BCUT2D eigenvalue weighted by Crippen LogP contribution is 2.43. The van der Waals surface area contributed by atoms with Crippen LogP contribution in [0.3, 0.4) is 0 Å². The Morgan fingerprint density at radius 2 is 0.975 bits per heavy atom. The third kappa shape index (κ3) is 24.2. The first-order valence-corrected chi connectivity index (χ1v) is 38.2. The number of esters is 1. The van der Waals surface area contributed by atoms with Crippen molar-refractivity contribution in [2.75, 3.05) is 21.3 Å². The monoisotopic (exact) mass is 1150 g/mol. The Hall–Kier alpha value is -3.34. The third-order valence-electron chi connectivity index (χ3n) is 17.6. The molecule has 0 aliphatic rings. The van der Waals surface area contributed by atoms with Crippen LogP contribution in [-0.2, 0) is 45.5 Å². The maximum atomic E-state index is 11.9. The summed E-state index contributed by atoms with van der Waals surface area (Å²) >= 11 is 0. The normalized spacial score (nSPS) is 17.8. The van der Waals surface area contributed by atoms with Gasteiger partial charge in [0.1, 0.15) is 11.5 Å². The summed E-state index contributed by atoms with van der Waals surface area (Å²) in [5.74, 6) is 2.26. The first-order valence-electron chi connectivity index (χ1n) is 29.5. The van der Waals surface area contributed by atoms with Gasteiger partial charge in [0.2, 0.25) is 0 Å². The molecule has 0 saturated heterocycles. The Morgan fingerprint density at radius 3 is 1.43 bits per heavy atom. The fraction of sp³-hybridized carbons (Fsp3) is 0.657. The van der Waals surface area contributed by atoms with Crippen LogP contribution in [0.25, 0.3) is 0 Å². The van der Waals surface area contributed by atoms with Crippen molar-refractivity contribution >= 4 is 30.9 Å². The standard InChI is InChI=1S/C67H114O9Si3/c1-26-27-30-51(4)64(73-48-56-37-42-58(70-18)43-38-56)54(7)60(75-78(22,23)66(11,12)13)44-33-49(2)45-53(6)63(72-47-55-35-40-57(69-17)41-36-55)52(5)34-39-59(74-77(20,21)65(8,9)10)46-61(76-79(24,25)67(14,15)16)50(3)31-28-29-32-62(68)71-19/h26-32,34-43,49-54,59-61,63-64H,1,33,44-48H2,2-25H3/t49-,50+,51-,52-,53-,54-,59+,60?,61-,63-,64-/m0/s1. The zero-order valence-corrected chi connectivity index (χ0v) is 57.3. The molecule has 0 N–H and O–H groups in total. The van der Waals surface area contributed by atoms with Gasteiger partial charge < -0.3 is 37.0 Å². The van der Waals surface area contributed by atoms with Crippen LogP contribution in [0.15, 0.2) is 110 Å². The lowest BCUT2D eigenvalue weighted by Gasteiger charge is -2.43. The number of carbonyl (C=O) groups excluding carboxylic acids is 1. The van der Waals surface area contributed by atoms with E-state index in [-0.39, 0.29) is 81.2 Å². The average Bonchev–Trinajstić information content (AvgIpc) is 3.36. The van der Waals surface area contributed by atoms with Crippen molar-refractivity contribution in [3.05, 3.63) is 121 Å². The Morgan fingerprint density at radius 1 is 0.532 bits per heavy atom. The zero-order chi connectivity index (χ0) is 60.2. The number of allylic oxidation sites excluding steroid dienone is 4. The van der Waals surface area contributed by atoms with Gasteiger partial charge in [0.05, 0.1) is 65.1 Å². The van der Waals surface area contributed by atoms with E-state index in [1.807, 2.05) is 42.5 Å². The molecule has 0 radical (unpaired) electrons. The number of hydrogen-bond donors (Lipinski definition) is 0. The molecule has 12 heteroatoms. The van der Waals surface area contributed by atoms with Gasteiger partial charge in [-0.05, 0) is 127 Å². The molecule has 2 rings (SSSR count). The average molecular weight is 1150 g/mol. The van der Waals surface area contributed by atoms with Gasteiger partial charge in [0.25, 0.3) is 0 Å². The Labute approximate surface area is 487 Å². The van der Waals surface area contributed by atoms with Crippen molar-refractivity contribution in [1.82, 2.24) is 0 Å². The highest BCUT2D eigenvalue weighted by atomic mass is 28.4. The third-order valence-corrected chi connectivity index (χ3v) is 31.1. The summed E-state index contributed by atoms with van der Waals surface area (Å²) in [5.41, 5.74) is 2.22. The number of carbonyl (C=O) groups is 1. The van der Waals surface area contributed by atoms with Crippen LogP contribution in [0, 0.1) is 35.5 Å². The smallest absolute Gasteiger partial charge is 0.330 e. The summed E-state index contributed by atoms with van der Waals surface area (Å²) in [7, 11) is -1.89. The first kappa shape index (κ1) is 71.8. The quantitative estimate of drug-likeness (QED) is 0.0223. The molecular formula is C67H114O9Si3. The Kier molecular flexibility index (Phi) is 29.5. The van der Waals surface area contributed by atoms with E-state index in [1.165, 1.54) is 13.2 Å². The van der Waals surface area contributed by atoms with Gasteiger partial charge >= 0.3 is 5.97 Å². The van der Waals surface area contributed by atoms with Gasteiger partial charge in [0, 0.05) is 30.3 Å². The van der Waals surface area contributed by atoms with Crippen molar-refractivity contribution in [3.63, 3.8) is 0 Å². The molecule has 0 spiro atoms. The molecule has 79 heavy (non-hydrogen) atoms. The van der Waals surface area contributed by atoms with Gasteiger partial charge in [0.15, 0.2) is 25.0 Å². The van der Waals surface area contributed by atoms with Crippen LogP contribution in [0.2, 0.25) is 54.4 Å². The van der Waals surface area contributed by atoms with Crippen molar-refractivity contribution < 1.29 is 41.8 Å². The molecule has 0 saturated carbocycles. The van der Waals surface area contributed by atoms with E-state index in [4.69, 9.17) is 37.0 Å². The maximum Gasteiger partial charge on any atom is 0.330 e. The minimum absolute atomic E-state index is 0.000108. The molecule has 0 heterocycles. The van der Waals surface area contributed by atoms with Crippen molar-refractivity contribution in [2.45, 2.75) is 228 Å². The zero-order valence-electron chi connectivity index (χ0n) is 54.3. The van der Waals surface area contributed by atoms with Gasteiger partial charge in [-0.25, -0.2) is 4.79 Å². The Bertz CT molecular complexity index is 2190. The van der Waals surface area contributed by atoms with Crippen molar-refractivity contribution in [1.29, 1.82) is 0 Å². The second kappa shape index (κ2) is 32.5. The van der Waals surface area contributed by atoms with Crippen LogP contribution in [0.1, 0.15) is 141 Å². The van der Waals surface area contributed by atoms with E-state index in [1.54, 1.807) is 20.3 Å². The molecule has 0 aliphatic heterocycles. The summed E-state index contributed by atoms with van der Waals surface area (Å²) in [6.45, 7) is 53.7. The van der Waals surface area contributed by atoms with E-state index in [9.17, 15) is 4.79 Å². The molecular weight excluding hydrogens is 1030 g/mol. The van der Waals surface area contributed by atoms with Gasteiger partial charge in [-0.3, -0.25) is 0 Å². The second-order valence-corrected chi connectivity index (χ2v) is 41.6. The summed E-state index contributed by atoms with van der Waals surface area (Å²) in [6.07, 6.45) is 21.2. The fourth-order valence-electron chi connectivity index (χ4n) is 9.19. The lowest BCUT2D eigenvalue weighted by atomic mass is 9.82. The summed E-state index contributed by atoms with van der Waals surface area (Å²) in [6, 6.07) is 16.4. The summed E-state index contributed by atoms with van der Waals surface area (Å²) in [5, 5.41) is 0.0525. The first-order chi connectivity index (χ1) is 36.5. The highest BCUT2D eigenvalue weighted by Gasteiger charge is 2.44. The lowest BCUT2D eigenvalue weighted by Crippen LogP contribution is -2.48. The summed E-state index contributed by atoms with van der Waals surface area (Å²) in [4.78, 5) is 11.9. The molecule has 0 aliphatic carbocycles. The predicted molar refractivity (Wildman–Crippen MR) is 342 cm³/mol. The number of hydrogen-bond acceptors (Lipinski definition) is 9. The molecule has 9 nitrogen and oxygen atoms in total. The highest BCUT2D eigenvalue weighted by molar-refractivity contribution is 6.75. The molecule has 1 unspecified atom stereocenters. The van der Waals surface area contributed by atoms with E-state index in [0.717, 1.165) is 41.9 Å². The molecule has 0 fully saturated rings. The molecule has 0 aromatic heterocycles. The van der Waals surface area contributed by atoms with Crippen LogP contribution < -0.4 is 9.47 Å². The van der Waals surface area contributed by atoms with Crippen molar-refractivity contribution in [3.8, 4) is 11.5 Å². The van der Waals surface area contributed by atoms with Crippen LogP contribution in [-0.4, -0.2) is 82.8 Å². The van der Waals surface area contributed by atoms with Crippen LogP contribution in [0.5, 0.6) is 11.5 Å². The maximum absolute atomic E-state index is 11.9. The van der Waals surface area contributed by atoms with Crippen LogP contribution in [0.4, 0.5) is 0 Å². The topological polar surface area (TPSA) is 90.9 Å². The van der Waals surface area contributed by atoms with Crippen LogP contribution >= 0.6 is 0 Å².